The fourth-order valence-electron chi connectivity index (χ4n) is 4.99. The molecule has 8 nitrogen and oxygen atoms in total. The van der Waals surface area contributed by atoms with E-state index in [0.29, 0.717) is 29.7 Å². The number of carbonyl (C=O) groups is 2. The molecule has 190 valence electrons. The van der Waals surface area contributed by atoms with Crippen LogP contribution in [-0.4, -0.2) is 45.0 Å². The predicted molar refractivity (Wildman–Crippen MR) is 140 cm³/mol. The van der Waals surface area contributed by atoms with Gasteiger partial charge in [0.05, 0.1) is 23.0 Å². The monoisotopic (exact) mass is 490 g/mol. The third kappa shape index (κ3) is 5.42. The SMILES string of the molecule is CCN(CC)C(=O)Cn1c(=O)n(-c2ccc(CC(=O)NC3CCCCC3)cc2)c(=O)c2ccccc21. The Morgan fingerprint density at radius 1 is 0.944 bits per heavy atom. The van der Waals surface area contributed by atoms with Crippen molar-refractivity contribution in [3.63, 3.8) is 0 Å². The van der Waals surface area contributed by atoms with Gasteiger partial charge in [-0.1, -0.05) is 43.5 Å². The van der Waals surface area contributed by atoms with Crippen LogP contribution in [0, 0.1) is 0 Å². The molecule has 1 N–H and O–H groups in total. The van der Waals surface area contributed by atoms with Crippen molar-refractivity contribution in [3.8, 4) is 5.69 Å². The maximum Gasteiger partial charge on any atom is 0.336 e. The molecule has 2 amide bonds. The molecular weight excluding hydrogens is 456 g/mol. The standard InChI is InChI=1S/C28H34N4O4/c1-3-30(4-2)26(34)19-31-24-13-9-8-12-23(24)27(35)32(28(31)36)22-16-14-20(15-17-22)18-25(33)29-21-10-6-5-7-11-21/h8-9,12-17,21H,3-7,10-11,18-19H2,1-2H3,(H,29,33). The molecule has 0 aliphatic heterocycles. The lowest BCUT2D eigenvalue weighted by Crippen LogP contribution is -2.42. The van der Waals surface area contributed by atoms with E-state index in [1.54, 1.807) is 53.4 Å². The van der Waals surface area contributed by atoms with E-state index in [2.05, 4.69) is 5.32 Å². The summed E-state index contributed by atoms with van der Waals surface area (Å²) >= 11 is 0. The number of carbonyl (C=O) groups excluding carboxylic acids is 2. The van der Waals surface area contributed by atoms with Crippen molar-refractivity contribution in [1.29, 1.82) is 0 Å². The smallest absolute Gasteiger partial charge is 0.336 e. The minimum absolute atomic E-state index is 0.0187. The van der Waals surface area contributed by atoms with Crippen LogP contribution in [0.2, 0.25) is 0 Å². The lowest BCUT2D eigenvalue weighted by atomic mass is 9.95. The summed E-state index contributed by atoms with van der Waals surface area (Å²) in [6.07, 6.45) is 5.83. The second-order valence-electron chi connectivity index (χ2n) is 9.34. The summed E-state index contributed by atoms with van der Waals surface area (Å²) in [4.78, 5) is 53.8. The first-order valence-electron chi connectivity index (χ1n) is 12.8. The number of hydrogen-bond acceptors (Lipinski definition) is 4. The number of nitrogens with zero attached hydrogens (tertiary/aromatic N) is 3. The molecule has 0 spiro atoms. The maximum absolute atomic E-state index is 13.5. The fraction of sp³-hybridized carbons (Fsp3) is 0.429. The van der Waals surface area contributed by atoms with E-state index in [1.165, 1.54) is 11.0 Å². The van der Waals surface area contributed by atoms with Gasteiger partial charge in [0.1, 0.15) is 6.54 Å². The van der Waals surface area contributed by atoms with Crippen LogP contribution in [0.1, 0.15) is 51.5 Å². The van der Waals surface area contributed by atoms with E-state index in [1.807, 2.05) is 13.8 Å². The van der Waals surface area contributed by atoms with Gasteiger partial charge in [0.25, 0.3) is 5.56 Å². The lowest BCUT2D eigenvalue weighted by molar-refractivity contribution is -0.131. The van der Waals surface area contributed by atoms with Gasteiger partial charge >= 0.3 is 5.69 Å². The number of nitrogens with one attached hydrogen (secondary N) is 1. The topological polar surface area (TPSA) is 93.4 Å². The number of hydrogen-bond donors (Lipinski definition) is 1. The number of rotatable bonds is 8. The highest BCUT2D eigenvalue weighted by molar-refractivity contribution is 5.82. The Bertz CT molecular complexity index is 1350. The second-order valence-corrected chi connectivity index (χ2v) is 9.34. The number of likely N-dealkylation sites (N-methyl/N-ethyl adjacent to an activating group) is 1. The number of aromatic nitrogens is 2. The fourth-order valence-corrected chi connectivity index (χ4v) is 4.99. The molecule has 1 aliphatic carbocycles. The highest BCUT2D eigenvalue weighted by Crippen LogP contribution is 2.18. The Balaban J connectivity index is 1.64. The summed E-state index contributed by atoms with van der Waals surface area (Å²) in [5.41, 5.74) is 0.626. The summed E-state index contributed by atoms with van der Waals surface area (Å²) in [5, 5.41) is 3.47. The Labute approximate surface area is 210 Å². The zero-order valence-corrected chi connectivity index (χ0v) is 21.0. The second kappa shape index (κ2) is 11.4. The minimum Gasteiger partial charge on any atom is -0.353 e. The number of fused-ring (bicyclic) bond motifs is 1. The van der Waals surface area contributed by atoms with Crippen molar-refractivity contribution in [1.82, 2.24) is 19.4 Å². The molecule has 1 aromatic heterocycles. The molecule has 1 aliphatic rings. The maximum atomic E-state index is 13.5. The molecule has 1 heterocycles. The molecule has 2 aromatic carbocycles. The molecule has 0 atom stereocenters. The first kappa shape index (κ1) is 25.4. The van der Waals surface area contributed by atoms with E-state index < -0.39 is 11.2 Å². The van der Waals surface area contributed by atoms with E-state index in [0.717, 1.165) is 35.8 Å². The van der Waals surface area contributed by atoms with E-state index in [4.69, 9.17) is 0 Å². The van der Waals surface area contributed by atoms with Crippen molar-refractivity contribution in [2.24, 2.45) is 0 Å². The van der Waals surface area contributed by atoms with Crippen molar-refractivity contribution in [2.75, 3.05) is 13.1 Å². The van der Waals surface area contributed by atoms with Gasteiger partial charge in [-0.3, -0.25) is 19.0 Å². The zero-order valence-electron chi connectivity index (χ0n) is 21.0. The molecule has 8 heteroatoms. The number of para-hydroxylation sites is 1. The zero-order chi connectivity index (χ0) is 25.7. The van der Waals surface area contributed by atoms with Gasteiger partial charge in [-0.25, -0.2) is 9.36 Å². The normalized spacial score (nSPS) is 14.1. The Hall–Kier alpha value is -3.68. The van der Waals surface area contributed by atoms with Gasteiger partial charge < -0.3 is 10.2 Å². The van der Waals surface area contributed by atoms with Crippen molar-refractivity contribution < 1.29 is 9.59 Å². The largest absolute Gasteiger partial charge is 0.353 e. The lowest BCUT2D eigenvalue weighted by Gasteiger charge is -2.22. The molecule has 1 fully saturated rings. The molecule has 0 radical (unpaired) electrons. The van der Waals surface area contributed by atoms with E-state index in [-0.39, 0.29) is 30.8 Å². The van der Waals surface area contributed by atoms with Crippen molar-refractivity contribution in [3.05, 3.63) is 74.9 Å². The molecule has 3 aromatic rings. The third-order valence-corrected chi connectivity index (χ3v) is 6.99. The van der Waals surface area contributed by atoms with E-state index >= 15 is 0 Å². The van der Waals surface area contributed by atoms with Crippen LogP contribution in [0.4, 0.5) is 0 Å². The average Bonchev–Trinajstić information content (AvgIpc) is 2.89. The van der Waals surface area contributed by atoms with Gasteiger partial charge in [0.15, 0.2) is 0 Å². The highest BCUT2D eigenvalue weighted by atomic mass is 16.2. The summed E-state index contributed by atoms with van der Waals surface area (Å²) in [7, 11) is 0. The first-order valence-corrected chi connectivity index (χ1v) is 12.8. The van der Waals surface area contributed by atoms with Crippen molar-refractivity contribution in [2.45, 2.75) is 65.0 Å². The Kier molecular flexibility index (Phi) is 8.03. The molecular formula is C28H34N4O4. The number of benzene rings is 2. The van der Waals surface area contributed by atoms with Gasteiger partial charge in [0.2, 0.25) is 11.8 Å². The van der Waals surface area contributed by atoms with Gasteiger partial charge in [-0.05, 0) is 56.5 Å². The van der Waals surface area contributed by atoms with Crippen LogP contribution < -0.4 is 16.6 Å². The van der Waals surface area contributed by atoms with Crippen LogP contribution in [-0.2, 0) is 22.6 Å². The third-order valence-electron chi connectivity index (χ3n) is 6.99. The molecule has 0 saturated heterocycles. The van der Waals surface area contributed by atoms with Gasteiger partial charge in [0, 0.05) is 19.1 Å². The average molecular weight is 491 g/mol. The van der Waals surface area contributed by atoms with Crippen molar-refractivity contribution >= 4 is 22.7 Å². The predicted octanol–water partition coefficient (Wildman–Crippen LogP) is 3.01. The van der Waals surface area contributed by atoms with Crippen LogP contribution in [0.3, 0.4) is 0 Å². The molecule has 36 heavy (non-hydrogen) atoms. The molecule has 0 bridgehead atoms. The van der Waals surface area contributed by atoms with Gasteiger partial charge in [-0.2, -0.15) is 0 Å². The van der Waals surface area contributed by atoms with Crippen LogP contribution >= 0.6 is 0 Å². The van der Waals surface area contributed by atoms with E-state index in [9.17, 15) is 19.2 Å². The molecule has 4 rings (SSSR count). The number of amides is 2. The van der Waals surface area contributed by atoms with Crippen LogP contribution in [0.15, 0.2) is 58.1 Å². The minimum atomic E-state index is -0.568. The molecule has 0 unspecified atom stereocenters. The summed E-state index contributed by atoms with van der Waals surface area (Å²) in [6, 6.07) is 14.0. The first-order chi connectivity index (χ1) is 17.4. The summed E-state index contributed by atoms with van der Waals surface area (Å²) < 4.78 is 2.46. The Morgan fingerprint density at radius 2 is 1.61 bits per heavy atom. The quantitative estimate of drug-likeness (QED) is 0.525. The van der Waals surface area contributed by atoms with Gasteiger partial charge in [-0.15, -0.1) is 0 Å². The summed E-state index contributed by atoms with van der Waals surface area (Å²) in [5.74, 6) is -0.202. The highest BCUT2D eigenvalue weighted by Gasteiger charge is 2.19. The Morgan fingerprint density at radius 3 is 2.28 bits per heavy atom. The van der Waals surface area contributed by atoms with Crippen LogP contribution in [0.25, 0.3) is 16.6 Å². The molecule has 1 saturated carbocycles. The van der Waals surface area contributed by atoms with Crippen LogP contribution in [0.5, 0.6) is 0 Å². The summed E-state index contributed by atoms with van der Waals surface area (Å²) in [6.45, 7) is 4.70.